The lowest BCUT2D eigenvalue weighted by molar-refractivity contribution is -0.141. The van der Waals surface area contributed by atoms with Crippen LogP contribution in [0.1, 0.15) is 33.6 Å². The predicted molar refractivity (Wildman–Crippen MR) is 47.7 cm³/mol. The third-order valence-electron chi connectivity index (χ3n) is 2.16. The summed E-state index contributed by atoms with van der Waals surface area (Å²) in [7, 11) is 0. The third kappa shape index (κ3) is 2.36. The zero-order valence-electron chi connectivity index (χ0n) is 7.96. The molecule has 0 spiro atoms. The van der Waals surface area contributed by atoms with Crippen LogP contribution in [-0.4, -0.2) is 12.1 Å². The summed E-state index contributed by atoms with van der Waals surface area (Å²) < 4.78 is 5.14. The molecule has 1 heterocycles. The lowest BCUT2D eigenvalue weighted by atomic mass is 10.0. The molecule has 0 N–H and O–H groups in total. The zero-order chi connectivity index (χ0) is 9.14. The van der Waals surface area contributed by atoms with Crippen LogP contribution in [0.3, 0.4) is 0 Å². The van der Waals surface area contributed by atoms with Crippen molar-refractivity contribution in [2.75, 3.05) is 0 Å². The maximum Gasteiger partial charge on any atom is 0.306 e. The van der Waals surface area contributed by atoms with E-state index in [1.807, 2.05) is 0 Å². The molecule has 1 rings (SSSR count). The quantitative estimate of drug-likeness (QED) is 0.467. The first-order valence-corrected chi connectivity index (χ1v) is 4.42. The Morgan fingerprint density at radius 3 is 2.75 bits per heavy atom. The van der Waals surface area contributed by atoms with Crippen LogP contribution < -0.4 is 0 Å². The Labute approximate surface area is 73.6 Å². The Hall–Kier alpha value is -0.790. The molecule has 0 saturated carbocycles. The molecule has 0 amide bonds. The van der Waals surface area contributed by atoms with Crippen LogP contribution in [-0.2, 0) is 9.53 Å². The summed E-state index contributed by atoms with van der Waals surface area (Å²) >= 11 is 0. The number of esters is 1. The molecule has 0 aromatic carbocycles. The molecular formula is C10H16O2. The van der Waals surface area contributed by atoms with E-state index in [0.29, 0.717) is 12.3 Å². The van der Waals surface area contributed by atoms with E-state index in [0.717, 1.165) is 6.42 Å². The van der Waals surface area contributed by atoms with Crippen molar-refractivity contribution >= 4 is 5.97 Å². The highest BCUT2D eigenvalue weighted by Gasteiger charge is 2.29. The Morgan fingerprint density at radius 2 is 2.33 bits per heavy atom. The summed E-state index contributed by atoms with van der Waals surface area (Å²) in [6, 6.07) is 0. The van der Waals surface area contributed by atoms with Gasteiger partial charge in [0.15, 0.2) is 0 Å². The van der Waals surface area contributed by atoms with Gasteiger partial charge >= 0.3 is 5.97 Å². The van der Waals surface area contributed by atoms with Crippen LogP contribution in [0.15, 0.2) is 11.6 Å². The van der Waals surface area contributed by atoms with E-state index in [-0.39, 0.29) is 12.1 Å². The third-order valence-corrected chi connectivity index (χ3v) is 2.16. The Kier molecular flexibility index (Phi) is 2.90. The second kappa shape index (κ2) is 3.74. The van der Waals surface area contributed by atoms with E-state index in [2.05, 4.69) is 26.8 Å². The maximum absolute atomic E-state index is 10.9. The average Bonchev–Trinajstić information content (AvgIpc) is 2.26. The predicted octanol–water partition coefficient (Wildman–Crippen LogP) is 2.29. The molecule has 0 aromatic rings. The minimum Gasteiger partial charge on any atom is -0.462 e. The van der Waals surface area contributed by atoms with Gasteiger partial charge in [-0.2, -0.15) is 0 Å². The summed E-state index contributed by atoms with van der Waals surface area (Å²) in [5, 5.41) is 0. The lowest BCUT2D eigenvalue weighted by Gasteiger charge is -2.10. The van der Waals surface area contributed by atoms with E-state index >= 15 is 0 Å². The number of ether oxygens (including phenoxy) is 1. The number of allylic oxidation sites excluding steroid dienone is 1. The molecule has 2 heteroatoms. The maximum atomic E-state index is 10.9. The summed E-state index contributed by atoms with van der Waals surface area (Å²) in [5.41, 5.74) is 1.28. The molecule has 0 unspecified atom stereocenters. The van der Waals surface area contributed by atoms with Gasteiger partial charge in [0.05, 0.1) is 6.42 Å². The van der Waals surface area contributed by atoms with Crippen molar-refractivity contribution in [2.45, 2.75) is 39.7 Å². The van der Waals surface area contributed by atoms with Crippen molar-refractivity contribution < 1.29 is 9.53 Å². The van der Waals surface area contributed by atoms with Crippen molar-refractivity contribution in [2.24, 2.45) is 5.92 Å². The topological polar surface area (TPSA) is 26.3 Å². The fourth-order valence-corrected chi connectivity index (χ4v) is 1.36. The van der Waals surface area contributed by atoms with Gasteiger partial charge in [0.2, 0.25) is 0 Å². The van der Waals surface area contributed by atoms with E-state index in [9.17, 15) is 4.79 Å². The van der Waals surface area contributed by atoms with Crippen LogP contribution >= 0.6 is 0 Å². The molecule has 68 valence electrons. The van der Waals surface area contributed by atoms with Crippen molar-refractivity contribution in [1.29, 1.82) is 0 Å². The van der Waals surface area contributed by atoms with Gasteiger partial charge in [-0.3, -0.25) is 4.79 Å². The highest BCUT2D eigenvalue weighted by Crippen LogP contribution is 2.24. The van der Waals surface area contributed by atoms with Crippen molar-refractivity contribution in [3.8, 4) is 0 Å². The highest BCUT2D eigenvalue weighted by molar-refractivity contribution is 5.72. The van der Waals surface area contributed by atoms with Gasteiger partial charge in [0.25, 0.3) is 0 Å². The fraction of sp³-hybridized carbons (Fsp3) is 0.700. The minimum atomic E-state index is -0.0466. The zero-order valence-corrected chi connectivity index (χ0v) is 7.96. The number of carbonyl (C=O) groups is 1. The number of hydrogen-bond donors (Lipinski definition) is 0. The van der Waals surface area contributed by atoms with Crippen LogP contribution in [0, 0.1) is 5.92 Å². The normalized spacial score (nSPS) is 28.4. The van der Waals surface area contributed by atoms with Gasteiger partial charge in [-0.1, -0.05) is 18.6 Å². The van der Waals surface area contributed by atoms with Crippen LogP contribution in [0.25, 0.3) is 0 Å². The van der Waals surface area contributed by atoms with E-state index < -0.39 is 0 Å². The Balaban J connectivity index is 2.43. The van der Waals surface area contributed by atoms with Crippen molar-refractivity contribution in [1.82, 2.24) is 0 Å². The van der Waals surface area contributed by atoms with E-state index in [1.165, 1.54) is 5.57 Å². The monoisotopic (exact) mass is 168 g/mol. The van der Waals surface area contributed by atoms with Crippen LogP contribution in [0.4, 0.5) is 0 Å². The number of cyclic esters (lactones) is 1. The summed E-state index contributed by atoms with van der Waals surface area (Å²) in [6.07, 6.45) is 3.70. The summed E-state index contributed by atoms with van der Waals surface area (Å²) in [6.45, 7) is 6.18. The van der Waals surface area contributed by atoms with Crippen LogP contribution in [0.2, 0.25) is 0 Å². The standard InChI is InChI=1S/C10H16O2/c1-7(2)4-5-9-8(3)6-10(11)12-9/h4,8-9H,5-6H2,1-3H3/t8-,9+/m1/s1. The molecule has 12 heavy (non-hydrogen) atoms. The van der Waals surface area contributed by atoms with Gasteiger partial charge in [0, 0.05) is 12.3 Å². The van der Waals surface area contributed by atoms with Crippen molar-refractivity contribution in [3.63, 3.8) is 0 Å². The van der Waals surface area contributed by atoms with Gasteiger partial charge in [0.1, 0.15) is 6.10 Å². The number of carbonyl (C=O) groups excluding carboxylic acids is 1. The first-order chi connectivity index (χ1) is 5.59. The van der Waals surface area contributed by atoms with Crippen LogP contribution in [0.5, 0.6) is 0 Å². The second-order valence-electron chi connectivity index (χ2n) is 3.73. The van der Waals surface area contributed by atoms with Gasteiger partial charge in [-0.25, -0.2) is 0 Å². The van der Waals surface area contributed by atoms with Gasteiger partial charge in [-0.15, -0.1) is 0 Å². The van der Waals surface area contributed by atoms with E-state index in [4.69, 9.17) is 4.74 Å². The molecule has 1 aliphatic rings. The molecule has 1 fully saturated rings. The van der Waals surface area contributed by atoms with Gasteiger partial charge < -0.3 is 4.74 Å². The smallest absolute Gasteiger partial charge is 0.306 e. The van der Waals surface area contributed by atoms with Gasteiger partial charge in [-0.05, 0) is 13.8 Å². The molecule has 0 bridgehead atoms. The molecule has 0 aromatic heterocycles. The average molecular weight is 168 g/mol. The molecule has 0 radical (unpaired) electrons. The van der Waals surface area contributed by atoms with Crippen molar-refractivity contribution in [3.05, 3.63) is 11.6 Å². The SMILES string of the molecule is CC(C)=CC[C@@H]1OC(=O)C[C@H]1C. The Bertz CT molecular complexity index is 202. The summed E-state index contributed by atoms with van der Waals surface area (Å²) in [5.74, 6) is 0.336. The minimum absolute atomic E-state index is 0.0466. The molecule has 0 aliphatic carbocycles. The number of hydrogen-bond acceptors (Lipinski definition) is 2. The molecular weight excluding hydrogens is 152 g/mol. The fourth-order valence-electron chi connectivity index (χ4n) is 1.36. The first-order valence-electron chi connectivity index (χ1n) is 4.42. The number of rotatable bonds is 2. The Morgan fingerprint density at radius 1 is 1.67 bits per heavy atom. The highest BCUT2D eigenvalue weighted by atomic mass is 16.5. The molecule has 2 nitrogen and oxygen atoms in total. The molecule has 2 atom stereocenters. The summed E-state index contributed by atoms with van der Waals surface area (Å²) in [4.78, 5) is 10.9. The molecule has 1 saturated heterocycles. The molecule has 1 aliphatic heterocycles. The lowest BCUT2D eigenvalue weighted by Crippen LogP contribution is -2.11. The van der Waals surface area contributed by atoms with E-state index in [1.54, 1.807) is 0 Å². The first kappa shape index (κ1) is 9.30. The largest absolute Gasteiger partial charge is 0.462 e. The second-order valence-corrected chi connectivity index (χ2v) is 3.73.